The Morgan fingerprint density at radius 2 is 1.65 bits per heavy atom. The molecule has 1 aliphatic heterocycles. The van der Waals surface area contributed by atoms with E-state index >= 15 is 0 Å². The van der Waals surface area contributed by atoms with Crippen molar-refractivity contribution in [2.75, 3.05) is 6.61 Å². The minimum absolute atomic E-state index is 0.130. The molecule has 0 saturated carbocycles. The van der Waals surface area contributed by atoms with Crippen molar-refractivity contribution in [1.29, 1.82) is 0 Å². The molecule has 144 valence electrons. The Kier molecular flexibility index (Phi) is 7.24. The van der Waals surface area contributed by atoms with Crippen LogP contribution in [-0.4, -0.2) is 26.8 Å². The van der Waals surface area contributed by atoms with Gasteiger partial charge >= 0.3 is 5.97 Å². The van der Waals surface area contributed by atoms with E-state index in [0.717, 1.165) is 25.0 Å². The van der Waals surface area contributed by atoms with Gasteiger partial charge in [-0.2, -0.15) is 0 Å². The van der Waals surface area contributed by atoms with E-state index in [1.807, 2.05) is 30.3 Å². The summed E-state index contributed by atoms with van der Waals surface area (Å²) < 4.78 is 11.6. The lowest BCUT2D eigenvalue weighted by atomic mass is 10.1. The number of ether oxygens (including phenoxy) is 2. The fourth-order valence-electron chi connectivity index (χ4n) is 4.53. The third-order valence-electron chi connectivity index (χ3n) is 5.87. The van der Waals surface area contributed by atoms with Crippen molar-refractivity contribution < 1.29 is 14.3 Å². The lowest BCUT2D eigenvalue weighted by Crippen LogP contribution is -2.44. The first kappa shape index (κ1) is 20.9. The standard InChI is InChI=1S/C22H34O3Si/c1-16(2)26(17(3)4,18(5)6)15-20(21-13-10-14-24-21)22(23)25-19-11-8-7-9-12-19/h7-9,11-12,15-18,21H,10,13-14H2,1-6H3/b20-15-. The lowest BCUT2D eigenvalue weighted by molar-refractivity contribution is -0.131. The molecule has 1 aromatic rings. The van der Waals surface area contributed by atoms with Gasteiger partial charge in [0.15, 0.2) is 0 Å². The average Bonchev–Trinajstić information content (AvgIpc) is 3.09. The topological polar surface area (TPSA) is 35.5 Å². The van der Waals surface area contributed by atoms with Gasteiger partial charge in [-0.1, -0.05) is 65.4 Å². The van der Waals surface area contributed by atoms with E-state index in [1.54, 1.807) is 0 Å². The van der Waals surface area contributed by atoms with Gasteiger partial charge in [-0.3, -0.25) is 0 Å². The first-order valence-corrected chi connectivity index (χ1v) is 12.2. The maximum absolute atomic E-state index is 13.1. The van der Waals surface area contributed by atoms with Crippen molar-refractivity contribution >= 4 is 14.0 Å². The summed E-state index contributed by atoms with van der Waals surface area (Å²) in [5, 5.41) is 0. The molecule has 0 N–H and O–H groups in total. The minimum atomic E-state index is -1.88. The third kappa shape index (κ3) is 4.47. The Hall–Kier alpha value is -1.39. The zero-order chi connectivity index (χ0) is 19.3. The Balaban J connectivity index is 2.45. The number of carbonyl (C=O) groups excluding carboxylic acids is 1. The SMILES string of the molecule is CC(C)[Si](/C=C(\C(=O)Oc1ccccc1)C1CCCO1)(C(C)C)C(C)C. The largest absolute Gasteiger partial charge is 0.423 e. The summed E-state index contributed by atoms with van der Waals surface area (Å²) in [4.78, 5) is 13.1. The fourth-order valence-corrected chi connectivity index (χ4v) is 10.4. The maximum atomic E-state index is 13.1. The summed E-state index contributed by atoms with van der Waals surface area (Å²) in [6.07, 6.45) is 1.77. The molecule has 1 heterocycles. The van der Waals surface area contributed by atoms with Crippen molar-refractivity contribution in [3.8, 4) is 5.75 Å². The van der Waals surface area contributed by atoms with Crippen LogP contribution in [0.1, 0.15) is 54.4 Å². The Morgan fingerprint density at radius 3 is 2.12 bits per heavy atom. The maximum Gasteiger partial charge on any atom is 0.341 e. The molecule has 1 atom stereocenters. The molecule has 1 aromatic carbocycles. The van der Waals surface area contributed by atoms with Gasteiger partial charge < -0.3 is 9.47 Å². The molecule has 0 amide bonds. The predicted octanol–water partition coefficient (Wildman–Crippen LogP) is 5.92. The molecule has 3 nitrogen and oxygen atoms in total. The smallest absolute Gasteiger partial charge is 0.341 e. The van der Waals surface area contributed by atoms with Crippen LogP contribution in [0.5, 0.6) is 5.75 Å². The molecule has 26 heavy (non-hydrogen) atoms. The van der Waals surface area contributed by atoms with E-state index in [2.05, 4.69) is 47.2 Å². The van der Waals surface area contributed by atoms with Crippen LogP contribution in [0.15, 0.2) is 41.6 Å². The highest BCUT2D eigenvalue weighted by Gasteiger charge is 2.43. The van der Waals surface area contributed by atoms with Gasteiger partial charge in [0.05, 0.1) is 19.8 Å². The zero-order valence-electron chi connectivity index (χ0n) is 17.1. The molecule has 0 bridgehead atoms. The minimum Gasteiger partial charge on any atom is -0.423 e. The van der Waals surface area contributed by atoms with Crippen LogP contribution >= 0.6 is 0 Å². The third-order valence-corrected chi connectivity index (χ3v) is 12.7. The summed E-state index contributed by atoms with van der Waals surface area (Å²) in [6, 6.07) is 9.33. The second-order valence-electron chi connectivity index (χ2n) is 8.27. The quantitative estimate of drug-likeness (QED) is 0.257. The molecule has 0 radical (unpaired) electrons. The van der Waals surface area contributed by atoms with Crippen molar-refractivity contribution in [3.05, 3.63) is 41.6 Å². The van der Waals surface area contributed by atoms with Gasteiger partial charge in [0, 0.05) is 6.61 Å². The fraction of sp³-hybridized carbons (Fsp3) is 0.591. The Morgan fingerprint density at radius 1 is 1.08 bits per heavy atom. The van der Waals surface area contributed by atoms with Crippen LogP contribution in [0.25, 0.3) is 0 Å². The van der Waals surface area contributed by atoms with E-state index in [9.17, 15) is 4.79 Å². The molecule has 0 aromatic heterocycles. The van der Waals surface area contributed by atoms with Crippen molar-refractivity contribution in [3.63, 3.8) is 0 Å². The van der Waals surface area contributed by atoms with E-state index in [0.29, 0.717) is 22.4 Å². The van der Waals surface area contributed by atoms with Gasteiger partial charge in [-0.05, 0) is 41.6 Å². The Labute approximate surface area is 159 Å². The van der Waals surface area contributed by atoms with Gasteiger partial charge in [0.2, 0.25) is 0 Å². The van der Waals surface area contributed by atoms with E-state index in [1.165, 1.54) is 0 Å². The molecule has 1 fully saturated rings. The van der Waals surface area contributed by atoms with Crippen molar-refractivity contribution in [1.82, 2.24) is 0 Å². The average molecular weight is 375 g/mol. The number of hydrogen-bond acceptors (Lipinski definition) is 3. The number of rotatable bonds is 7. The highest BCUT2D eigenvalue weighted by atomic mass is 28.3. The molecule has 4 heteroatoms. The van der Waals surface area contributed by atoms with Gasteiger partial charge in [0.1, 0.15) is 5.75 Å². The van der Waals surface area contributed by atoms with Crippen LogP contribution in [0.3, 0.4) is 0 Å². The second kappa shape index (κ2) is 9.00. The van der Waals surface area contributed by atoms with Crippen molar-refractivity contribution in [2.45, 2.75) is 77.1 Å². The first-order valence-electron chi connectivity index (χ1n) is 9.90. The molecule has 2 rings (SSSR count). The van der Waals surface area contributed by atoms with Gasteiger partial charge in [-0.25, -0.2) is 4.79 Å². The van der Waals surface area contributed by atoms with Crippen LogP contribution in [0, 0.1) is 0 Å². The lowest BCUT2D eigenvalue weighted by Gasteiger charge is -2.41. The van der Waals surface area contributed by atoms with E-state index in [-0.39, 0.29) is 12.1 Å². The van der Waals surface area contributed by atoms with Crippen LogP contribution in [0.2, 0.25) is 16.6 Å². The molecule has 0 aliphatic carbocycles. The monoisotopic (exact) mass is 374 g/mol. The molecule has 1 unspecified atom stereocenters. The van der Waals surface area contributed by atoms with E-state index in [4.69, 9.17) is 9.47 Å². The normalized spacial score (nSPS) is 18.8. The molecule has 1 aliphatic rings. The van der Waals surface area contributed by atoms with Gasteiger partial charge in [0.25, 0.3) is 0 Å². The Bertz CT molecular complexity index is 592. The van der Waals surface area contributed by atoms with Crippen molar-refractivity contribution in [2.24, 2.45) is 0 Å². The van der Waals surface area contributed by atoms with Gasteiger partial charge in [-0.15, -0.1) is 0 Å². The number of esters is 1. The molecular weight excluding hydrogens is 340 g/mol. The summed E-state index contributed by atoms with van der Waals surface area (Å²) >= 11 is 0. The number of para-hydroxylation sites is 1. The second-order valence-corrected chi connectivity index (χ2v) is 14.0. The number of hydrogen-bond donors (Lipinski definition) is 0. The highest BCUT2D eigenvalue weighted by Crippen LogP contribution is 2.44. The molecule has 0 spiro atoms. The molecule has 1 saturated heterocycles. The number of benzene rings is 1. The van der Waals surface area contributed by atoms with E-state index < -0.39 is 8.07 Å². The first-order chi connectivity index (χ1) is 12.3. The summed E-state index contributed by atoms with van der Waals surface area (Å²) in [6.45, 7) is 14.5. The van der Waals surface area contributed by atoms with Crippen LogP contribution in [-0.2, 0) is 9.53 Å². The summed E-state index contributed by atoms with van der Waals surface area (Å²) in [5.41, 5.74) is 4.71. The highest BCUT2D eigenvalue weighted by molar-refractivity contribution is 6.88. The summed E-state index contributed by atoms with van der Waals surface area (Å²) in [7, 11) is -1.88. The number of carbonyl (C=O) groups is 1. The molecular formula is C22H34O3Si. The zero-order valence-corrected chi connectivity index (χ0v) is 18.1. The summed E-state index contributed by atoms with van der Waals surface area (Å²) in [5.74, 6) is 0.342. The van der Waals surface area contributed by atoms with Crippen LogP contribution in [0.4, 0.5) is 0 Å². The predicted molar refractivity (Wildman–Crippen MR) is 110 cm³/mol. The van der Waals surface area contributed by atoms with Crippen LogP contribution < -0.4 is 4.74 Å².